The lowest BCUT2D eigenvalue weighted by Crippen LogP contribution is -2.20. The first kappa shape index (κ1) is 14.8. The highest BCUT2D eigenvalue weighted by molar-refractivity contribution is 9.10. The zero-order valence-electron chi connectivity index (χ0n) is 13.5. The molecule has 1 atom stereocenters. The molecule has 4 rings (SSSR count). The topological polar surface area (TPSA) is 3.24 Å². The van der Waals surface area contributed by atoms with Gasteiger partial charge in [0.15, 0.2) is 0 Å². The number of anilines is 1. The van der Waals surface area contributed by atoms with Crippen LogP contribution in [0.1, 0.15) is 29.5 Å². The normalized spacial score (nSPS) is 16.8. The van der Waals surface area contributed by atoms with E-state index in [9.17, 15) is 0 Å². The van der Waals surface area contributed by atoms with E-state index in [1.54, 1.807) is 0 Å². The smallest absolute Gasteiger partial charge is 0.0429 e. The molecule has 0 saturated heterocycles. The number of rotatable bonds is 2. The second-order valence-corrected chi connectivity index (χ2v) is 7.45. The summed E-state index contributed by atoms with van der Waals surface area (Å²) in [5.74, 6) is 0.563. The summed E-state index contributed by atoms with van der Waals surface area (Å²) < 4.78 is 1.18. The highest BCUT2D eigenvalue weighted by Gasteiger charge is 2.27. The summed E-state index contributed by atoms with van der Waals surface area (Å²) in [6.45, 7) is 6.56. The molecule has 116 valence electrons. The van der Waals surface area contributed by atoms with Crippen LogP contribution in [0.15, 0.2) is 59.1 Å². The van der Waals surface area contributed by atoms with Crippen molar-refractivity contribution in [3.8, 4) is 0 Å². The Bertz CT molecular complexity index is 867. The van der Waals surface area contributed by atoms with Crippen LogP contribution in [0, 0.1) is 6.92 Å². The maximum Gasteiger partial charge on any atom is 0.0429 e. The zero-order chi connectivity index (χ0) is 16.0. The van der Waals surface area contributed by atoms with Crippen LogP contribution in [0.4, 0.5) is 5.69 Å². The first-order valence-corrected chi connectivity index (χ1v) is 8.94. The third-order valence-corrected chi connectivity index (χ3v) is 5.54. The minimum absolute atomic E-state index is 0.563. The molecular weight excluding hydrogens is 346 g/mol. The van der Waals surface area contributed by atoms with Crippen molar-refractivity contribution in [3.05, 3.63) is 75.8 Å². The first-order chi connectivity index (χ1) is 11.1. The number of aryl methyl sites for hydroxylation is 1. The number of fused-ring (bicyclic) bond motifs is 3. The van der Waals surface area contributed by atoms with Gasteiger partial charge in [-0.25, -0.2) is 0 Å². The molecular formula is C21H20BrN. The molecule has 0 fully saturated rings. The lowest BCUT2D eigenvalue weighted by atomic mass is 9.96. The fraction of sp³-hybridized carbons (Fsp3) is 0.238. The van der Waals surface area contributed by atoms with Gasteiger partial charge in [0.05, 0.1) is 0 Å². The molecule has 2 heteroatoms. The van der Waals surface area contributed by atoms with Gasteiger partial charge in [-0.15, -0.1) is 0 Å². The summed E-state index contributed by atoms with van der Waals surface area (Å²) in [4.78, 5) is 2.52. The van der Waals surface area contributed by atoms with E-state index in [0.717, 1.165) is 13.1 Å². The number of halogens is 1. The van der Waals surface area contributed by atoms with Crippen molar-refractivity contribution in [3.63, 3.8) is 0 Å². The molecule has 3 aromatic carbocycles. The van der Waals surface area contributed by atoms with Crippen molar-refractivity contribution in [2.45, 2.75) is 26.3 Å². The molecule has 0 N–H and O–H groups in total. The highest BCUT2D eigenvalue weighted by Crippen LogP contribution is 2.42. The Labute approximate surface area is 146 Å². The second kappa shape index (κ2) is 5.68. The molecule has 0 saturated carbocycles. The molecule has 0 bridgehead atoms. The van der Waals surface area contributed by atoms with Crippen LogP contribution in [-0.4, -0.2) is 6.54 Å². The van der Waals surface area contributed by atoms with Gasteiger partial charge in [0.25, 0.3) is 0 Å². The van der Waals surface area contributed by atoms with E-state index in [1.165, 1.54) is 37.6 Å². The Morgan fingerprint density at radius 3 is 2.57 bits per heavy atom. The van der Waals surface area contributed by atoms with E-state index in [2.05, 4.69) is 89.3 Å². The Morgan fingerprint density at radius 1 is 1.00 bits per heavy atom. The van der Waals surface area contributed by atoms with E-state index in [0.29, 0.717) is 5.92 Å². The highest BCUT2D eigenvalue weighted by atomic mass is 79.9. The van der Waals surface area contributed by atoms with Gasteiger partial charge in [-0.05, 0) is 41.0 Å². The number of hydrogen-bond acceptors (Lipinski definition) is 1. The van der Waals surface area contributed by atoms with Gasteiger partial charge in [-0.1, -0.05) is 70.9 Å². The molecule has 1 nitrogen and oxygen atoms in total. The summed E-state index contributed by atoms with van der Waals surface area (Å²) in [5.41, 5.74) is 5.59. The number of nitrogens with zero attached hydrogens (tertiary/aromatic N) is 1. The lowest BCUT2D eigenvalue weighted by Gasteiger charge is -2.20. The monoisotopic (exact) mass is 365 g/mol. The SMILES string of the molecule is Cc1ccc(CN2CC(C)c3c2ccc2c(Br)cccc32)cc1. The van der Waals surface area contributed by atoms with Gasteiger partial charge in [0.1, 0.15) is 0 Å². The van der Waals surface area contributed by atoms with Gasteiger partial charge in [0, 0.05) is 29.2 Å². The van der Waals surface area contributed by atoms with E-state index < -0.39 is 0 Å². The third-order valence-electron chi connectivity index (χ3n) is 4.85. The molecule has 3 aromatic rings. The van der Waals surface area contributed by atoms with E-state index >= 15 is 0 Å². The van der Waals surface area contributed by atoms with Crippen molar-refractivity contribution in [2.24, 2.45) is 0 Å². The van der Waals surface area contributed by atoms with Crippen molar-refractivity contribution in [1.82, 2.24) is 0 Å². The summed E-state index contributed by atoms with van der Waals surface area (Å²) >= 11 is 3.69. The molecule has 23 heavy (non-hydrogen) atoms. The molecule has 0 radical (unpaired) electrons. The van der Waals surface area contributed by atoms with E-state index in [1.807, 2.05) is 0 Å². The largest absolute Gasteiger partial charge is 0.366 e. The van der Waals surface area contributed by atoms with Crippen LogP contribution in [0.25, 0.3) is 10.8 Å². The summed E-state index contributed by atoms with van der Waals surface area (Å²) in [6, 6.07) is 20.0. The third kappa shape index (κ3) is 2.55. The minimum atomic E-state index is 0.563. The van der Waals surface area contributed by atoms with Crippen molar-refractivity contribution in [2.75, 3.05) is 11.4 Å². The number of benzene rings is 3. The summed E-state index contributed by atoms with van der Waals surface area (Å²) in [5, 5.41) is 2.70. The predicted molar refractivity (Wildman–Crippen MR) is 102 cm³/mol. The summed E-state index contributed by atoms with van der Waals surface area (Å²) in [7, 11) is 0. The van der Waals surface area contributed by atoms with Crippen LogP contribution >= 0.6 is 15.9 Å². The molecule has 0 aliphatic carbocycles. The molecule has 1 aliphatic rings. The summed E-state index contributed by atoms with van der Waals surface area (Å²) in [6.07, 6.45) is 0. The lowest BCUT2D eigenvalue weighted by molar-refractivity contribution is 0.748. The van der Waals surface area contributed by atoms with Crippen LogP contribution < -0.4 is 4.90 Å². The first-order valence-electron chi connectivity index (χ1n) is 8.15. The average molecular weight is 366 g/mol. The van der Waals surface area contributed by atoms with Gasteiger partial charge in [-0.3, -0.25) is 0 Å². The van der Waals surface area contributed by atoms with Gasteiger partial charge in [0.2, 0.25) is 0 Å². The second-order valence-electron chi connectivity index (χ2n) is 6.60. The Morgan fingerprint density at radius 2 is 1.78 bits per heavy atom. The van der Waals surface area contributed by atoms with Crippen molar-refractivity contribution < 1.29 is 0 Å². The standard InChI is InChI=1S/C21H20BrN/c1-14-6-8-16(9-7-14)13-23-12-15(2)21-18-4-3-5-19(22)17(18)10-11-20(21)23/h3-11,15H,12-13H2,1-2H3. The quantitative estimate of drug-likeness (QED) is 0.535. The molecule has 0 aromatic heterocycles. The minimum Gasteiger partial charge on any atom is -0.366 e. The van der Waals surface area contributed by atoms with Crippen molar-refractivity contribution in [1.29, 1.82) is 0 Å². The maximum atomic E-state index is 3.69. The molecule has 1 aliphatic heterocycles. The van der Waals surface area contributed by atoms with Crippen LogP contribution in [0.2, 0.25) is 0 Å². The Hall–Kier alpha value is -1.80. The molecule has 0 spiro atoms. The van der Waals surface area contributed by atoms with Gasteiger partial charge < -0.3 is 4.90 Å². The van der Waals surface area contributed by atoms with Crippen LogP contribution in [0.5, 0.6) is 0 Å². The van der Waals surface area contributed by atoms with E-state index in [4.69, 9.17) is 0 Å². The fourth-order valence-electron chi connectivity index (χ4n) is 3.71. The predicted octanol–water partition coefficient (Wildman–Crippen LogP) is 6.03. The van der Waals surface area contributed by atoms with Gasteiger partial charge in [-0.2, -0.15) is 0 Å². The van der Waals surface area contributed by atoms with Crippen molar-refractivity contribution >= 4 is 32.4 Å². The average Bonchev–Trinajstić information content (AvgIpc) is 2.86. The molecule has 1 heterocycles. The van der Waals surface area contributed by atoms with Crippen LogP contribution in [-0.2, 0) is 6.54 Å². The van der Waals surface area contributed by atoms with Gasteiger partial charge >= 0.3 is 0 Å². The Balaban J connectivity index is 1.76. The zero-order valence-corrected chi connectivity index (χ0v) is 15.1. The maximum absolute atomic E-state index is 3.69. The molecule has 1 unspecified atom stereocenters. The Kier molecular flexibility index (Phi) is 3.65. The fourth-order valence-corrected chi connectivity index (χ4v) is 4.21. The molecule has 0 amide bonds. The van der Waals surface area contributed by atoms with Crippen LogP contribution in [0.3, 0.4) is 0 Å². The van der Waals surface area contributed by atoms with E-state index in [-0.39, 0.29) is 0 Å². The number of hydrogen-bond donors (Lipinski definition) is 0.